The Bertz CT molecular complexity index is 716. The van der Waals surface area contributed by atoms with Crippen LogP contribution in [0.4, 0.5) is 11.4 Å². The lowest BCUT2D eigenvalue weighted by molar-refractivity contribution is -0.384. The number of nitro groups is 1. The van der Waals surface area contributed by atoms with Crippen molar-refractivity contribution < 1.29 is 4.92 Å². The molecule has 0 aromatic heterocycles. The molecule has 0 unspecified atom stereocenters. The second kappa shape index (κ2) is 7.28. The van der Waals surface area contributed by atoms with E-state index in [9.17, 15) is 10.1 Å². The molecule has 0 atom stereocenters. The third-order valence-electron chi connectivity index (χ3n) is 2.83. The number of benzene rings is 2. The first-order valence-corrected chi connectivity index (χ1v) is 6.88. The zero-order chi connectivity index (χ0) is 15.9. The summed E-state index contributed by atoms with van der Waals surface area (Å²) in [5, 5.41) is 18.2. The fourth-order valence-electron chi connectivity index (χ4n) is 1.72. The van der Waals surface area contributed by atoms with Crippen LogP contribution >= 0.6 is 12.2 Å². The van der Waals surface area contributed by atoms with E-state index in [2.05, 4.69) is 15.8 Å². The van der Waals surface area contributed by atoms with E-state index in [0.717, 1.165) is 5.69 Å². The van der Waals surface area contributed by atoms with Gasteiger partial charge in [0.15, 0.2) is 5.11 Å². The molecule has 0 aliphatic carbocycles. The van der Waals surface area contributed by atoms with Gasteiger partial charge < -0.3 is 5.32 Å². The highest BCUT2D eigenvalue weighted by atomic mass is 32.1. The van der Waals surface area contributed by atoms with Crippen molar-refractivity contribution in [2.24, 2.45) is 5.10 Å². The molecule has 6 nitrogen and oxygen atoms in total. The predicted octanol–water partition coefficient (Wildman–Crippen LogP) is 3.31. The van der Waals surface area contributed by atoms with E-state index >= 15 is 0 Å². The highest BCUT2D eigenvalue weighted by Crippen LogP contribution is 2.13. The number of rotatable bonds is 4. The van der Waals surface area contributed by atoms with Gasteiger partial charge in [0.25, 0.3) is 5.69 Å². The number of anilines is 1. The smallest absolute Gasteiger partial charge is 0.270 e. The van der Waals surface area contributed by atoms with Gasteiger partial charge in [-0.1, -0.05) is 30.3 Å². The molecule has 0 amide bonds. The lowest BCUT2D eigenvalue weighted by Crippen LogP contribution is -2.24. The first kappa shape index (κ1) is 15.6. The van der Waals surface area contributed by atoms with Crippen LogP contribution in [0.2, 0.25) is 0 Å². The van der Waals surface area contributed by atoms with Gasteiger partial charge in [-0.3, -0.25) is 15.5 Å². The van der Waals surface area contributed by atoms with Crippen LogP contribution in [-0.4, -0.2) is 15.7 Å². The molecule has 112 valence electrons. The van der Waals surface area contributed by atoms with Gasteiger partial charge in [0, 0.05) is 23.4 Å². The highest BCUT2D eigenvalue weighted by Gasteiger charge is 2.07. The molecule has 0 heterocycles. The Morgan fingerprint density at radius 1 is 1.18 bits per heavy atom. The van der Waals surface area contributed by atoms with Gasteiger partial charge in [-0.05, 0) is 31.3 Å². The average Bonchev–Trinajstić information content (AvgIpc) is 2.53. The fourth-order valence-corrected chi connectivity index (χ4v) is 1.89. The van der Waals surface area contributed by atoms with Crippen molar-refractivity contribution in [2.45, 2.75) is 6.92 Å². The molecule has 0 saturated carbocycles. The summed E-state index contributed by atoms with van der Waals surface area (Å²) < 4.78 is 0. The number of nitro benzene ring substituents is 1. The summed E-state index contributed by atoms with van der Waals surface area (Å²) in [6.45, 7) is 1.75. The summed E-state index contributed by atoms with van der Waals surface area (Å²) in [7, 11) is 0. The fraction of sp³-hybridized carbons (Fsp3) is 0.0667. The molecule has 2 N–H and O–H groups in total. The lowest BCUT2D eigenvalue weighted by Gasteiger charge is -2.07. The van der Waals surface area contributed by atoms with Crippen LogP contribution in [0.5, 0.6) is 0 Å². The normalized spacial score (nSPS) is 10.9. The number of hydrogen-bond donors (Lipinski definition) is 2. The van der Waals surface area contributed by atoms with Crippen molar-refractivity contribution in [1.82, 2.24) is 5.43 Å². The monoisotopic (exact) mass is 314 g/mol. The van der Waals surface area contributed by atoms with E-state index in [4.69, 9.17) is 12.2 Å². The first-order valence-electron chi connectivity index (χ1n) is 6.47. The molecule has 2 rings (SSSR count). The predicted molar refractivity (Wildman–Crippen MR) is 91.1 cm³/mol. The maximum Gasteiger partial charge on any atom is 0.270 e. The van der Waals surface area contributed by atoms with E-state index in [1.165, 1.54) is 12.1 Å². The summed E-state index contributed by atoms with van der Waals surface area (Å²) in [6.07, 6.45) is 0. The van der Waals surface area contributed by atoms with Gasteiger partial charge in [-0.25, -0.2) is 0 Å². The molecule has 0 aliphatic heterocycles. The quantitative estimate of drug-likeness (QED) is 0.392. The molecule has 0 fully saturated rings. The topological polar surface area (TPSA) is 79.6 Å². The Hall–Kier alpha value is -2.80. The number of hydrazone groups is 1. The average molecular weight is 314 g/mol. The third-order valence-corrected chi connectivity index (χ3v) is 3.02. The molecule has 2 aromatic carbocycles. The molecule has 0 aliphatic rings. The summed E-state index contributed by atoms with van der Waals surface area (Å²) in [5.41, 5.74) is 4.85. The summed E-state index contributed by atoms with van der Waals surface area (Å²) in [6, 6.07) is 15.7. The maximum atomic E-state index is 10.8. The number of nitrogens with one attached hydrogen (secondary N) is 2. The van der Waals surface area contributed by atoms with E-state index < -0.39 is 4.92 Å². The van der Waals surface area contributed by atoms with Crippen LogP contribution in [0.15, 0.2) is 59.7 Å². The number of nitrogens with zero attached hydrogens (tertiary/aromatic N) is 2. The Kier molecular flexibility index (Phi) is 5.16. The maximum absolute atomic E-state index is 10.8. The van der Waals surface area contributed by atoms with Gasteiger partial charge in [-0.2, -0.15) is 5.10 Å². The summed E-state index contributed by atoms with van der Waals surface area (Å²) in [5.74, 6) is 0. The van der Waals surface area contributed by atoms with Gasteiger partial charge >= 0.3 is 0 Å². The largest absolute Gasteiger partial charge is 0.331 e. The van der Waals surface area contributed by atoms with E-state index in [-0.39, 0.29) is 5.69 Å². The van der Waals surface area contributed by atoms with Crippen LogP contribution in [0.1, 0.15) is 12.5 Å². The molecule has 0 bridgehead atoms. The van der Waals surface area contributed by atoms with Crippen molar-refractivity contribution in [3.8, 4) is 0 Å². The van der Waals surface area contributed by atoms with E-state index in [0.29, 0.717) is 16.4 Å². The molecular weight excluding hydrogens is 300 g/mol. The Morgan fingerprint density at radius 3 is 2.59 bits per heavy atom. The Morgan fingerprint density at radius 2 is 1.91 bits per heavy atom. The third kappa shape index (κ3) is 4.35. The van der Waals surface area contributed by atoms with Crippen molar-refractivity contribution in [3.63, 3.8) is 0 Å². The van der Waals surface area contributed by atoms with Crippen molar-refractivity contribution in [1.29, 1.82) is 0 Å². The summed E-state index contributed by atoms with van der Waals surface area (Å²) >= 11 is 5.13. The van der Waals surface area contributed by atoms with Crippen LogP contribution < -0.4 is 10.7 Å². The van der Waals surface area contributed by atoms with Crippen molar-refractivity contribution in [2.75, 3.05) is 5.32 Å². The van der Waals surface area contributed by atoms with Crippen LogP contribution in [-0.2, 0) is 0 Å². The SMILES string of the molecule is CC(=NNC(=S)Nc1ccccc1)c1cccc([N+](=O)[O-])c1. The van der Waals surface area contributed by atoms with Gasteiger partial charge in [0.2, 0.25) is 0 Å². The molecule has 2 aromatic rings. The van der Waals surface area contributed by atoms with Gasteiger partial charge in [-0.15, -0.1) is 0 Å². The number of non-ortho nitro benzene ring substituents is 1. The molecule has 22 heavy (non-hydrogen) atoms. The second-order valence-electron chi connectivity index (χ2n) is 4.44. The standard InChI is InChI=1S/C15H14N4O2S/c1-11(12-6-5-9-14(10-12)19(20)21)17-18-15(22)16-13-7-3-2-4-8-13/h2-10H,1H3,(H2,16,18,22). The zero-order valence-corrected chi connectivity index (χ0v) is 12.6. The zero-order valence-electron chi connectivity index (χ0n) is 11.8. The van der Waals surface area contributed by atoms with Gasteiger partial charge in [0.1, 0.15) is 0 Å². The minimum absolute atomic E-state index is 0.0250. The molecule has 0 radical (unpaired) electrons. The molecular formula is C15H14N4O2S. The van der Waals surface area contributed by atoms with Crippen molar-refractivity contribution >= 4 is 34.4 Å². The van der Waals surface area contributed by atoms with Crippen LogP contribution in [0, 0.1) is 10.1 Å². The Labute approximate surface area is 133 Å². The molecule has 0 spiro atoms. The number of para-hydroxylation sites is 1. The second-order valence-corrected chi connectivity index (χ2v) is 4.84. The van der Waals surface area contributed by atoms with E-state index in [1.807, 2.05) is 30.3 Å². The number of hydrogen-bond acceptors (Lipinski definition) is 4. The molecule has 7 heteroatoms. The van der Waals surface area contributed by atoms with E-state index in [1.54, 1.807) is 19.1 Å². The molecule has 0 saturated heterocycles. The highest BCUT2D eigenvalue weighted by molar-refractivity contribution is 7.80. The van der Waals surface area contributed by atoms with Gasteiger partial charge in [0.05, 0.1) is 10.6 Å². The lowest BCUT2D eigenvalue weighted by atomic mass is 10.1. The minimum Gasteiger partial charge on any atom is -0.331 e. The minimum atomic E-state index is -0.439. The summed E-state index contributed by atoms with van der Waals surface area (Å²) in [4.78, 5) is 10.3. The first-order chi connectivity index (χ1) is 10.6. The Balaban J connectivity index is 2.02. The van der Waals surface area contributed by atoms with Crippen molar-refractivity contribution in [3.05, 3.63) is 70.3 Å². The number of thiocarbonyl (C=S) groups is 1. The van der Waals surface area contributed by atoms with Crippen LogP contribution in [0.25, 0.3) is 0 Å². The van der Waals surface area contributed by atoms with Crippen LogP contribution in [0.3, 0.4) is 0 Å².